The van der Waals surface area contributed by atoms with Gasteiger partial charge >= 0.3 is 12.1 Å². The van der Waals surface area contributed by atoms with Crippen molar-refractivity contribution in [2.24, 2.45) is 4.99 Å². The third kappa shape index (κ3) is 5.53. The second-order valence-corrected chi connectivity index (χ2v) is 5.33. The van der Waals surface area contributed by atoms with Gasteiger partial charge in [-0.3, -0.25) is 5.73 Å². The summed E-state index contributed by atoms with van der Waals surface area (Å²) in [6.07, 6.45) is -1.91. The van der Waals surface area contributed by atoms with Gasteiger partial charge in [-0.15, -0.1) is 5.10 Å². The molecule has 1 atom stereocenters. The molecule has 1 aliphatic rings. The molecule has 7 nitrogen and oxygen atoms in total. The first-order valence-electron chi connectivity index (χ1n) is 7.39. The maximum Gasteiger partial charge on any atom is 0.433 e. The molecule has 136 valence electrons. The molecule has 1 unspecified atom stereocenters. The standard InChI is InChI=1S/C16H14F3N5O2/c1-10(2)26-14-6-5-11(8-12(22-14)16(17,18)19)15-21-9-24(23-15)7-3-4-13(20)25/h4,7-10,14H,1-2H3,(H2,20,25)/p+1. The number of allylic oxidation sites excluding steroid dienone is 2. The van der Waals surface area contributed by atoms with Gasteiger partial charge in [-0.1, -0.05) is 11.7 Å². The average molecular weight is 366 g/mol. The van der Waals surface area contributed by atoms with Crippen molar-refractivity contribution in [3.8, 4) is 11.8 Å². The number of hydrogen-bond acceptors (Lipinski definition) is 5. The molecule has 26 heavy (non-hydrogen) atoms. The first-order chi connectivity index (χ1) is 12.1. The van der Waals surface area contributed by atoms with E-state index in [0.29, 0.717) is 0 Å². The summed E-state index contributed by atoms with van der Waals surface area (Å²) >= 11 is 0. The third-order valence-electron chi connectivity index (χ3n) is 2.76. The Kier molecular flexibility index (Phi) is 5.90. The molecule has 0 spiro atoms. The summed E-state index contributed by atoms with van der Waals surface area (Å²) in [4.78, 5) is 18.1. The minimum Gasteiger partial charge on any atom is -0.343 e. The molecule has 0 saturated carbocycles. The third-order valence-corrected chi connectivity index (χ3v) is 2.76. The van der Waals surface area contributed by atoms with Gasteiger partial charge in [0.15, 0.2) is 5.82 Å². The van der Waals surface area contributed by atoms with Crippen LogP contribution in [0.2, 0.25) is 0 Å². The van der Waals surface area contributed by atoms with E-state index in [4.69, 9.17) is 4.74 Å². The van der Waals surface area contributed by atoms with E-state index in [1.165, 1.54) is 17.2 Å². The monoisotopic (exact) mass is 366 g/mol. The molecule has 2 rings (SSSR count). The van der Waals surface area contributed by atoms with Crippen molar-refractivity contribution in [1.29, 1.82) is 0 Å². The number of amides is 1. The van der Waals surface area contributed by atoms with Gasteiger partial charge in [-0.05, 0) is 25.8 Å². The predicted molar refractivity (Wildman–Crippen MR) is 86.0 cm³/mol. The molecule has 0 fully saturated rings. The van der Waals surface area contributed by atoms with Gasteiger partial charge in [0.1, 0.15) is 12.0 Å². The number of alkyl halides is 3. The van der Waals surface area contributed by atoms with Crippen LogP contribution in [0.4, 0.5) is 13.2 Å². The molecule has 0 aliphatic carbocycles. The Labute approximate surface area is 146 Å². The molecule has 3 N–H and O–H groups in total. The topological polar surface area (TPSA) is 97.0 Å². The molecule has 0 saturated heterocycles. The molecule has 1 aliphatic heterocycles. The highest BCUT2D eigenvalue weighted by atomic mass is 19.4. The number of nitrogens with zero attached hydrogens (tertiary/aromatic N) is 4. The fourth-order valence-corrected chi connectivity index (χ4v) is 1.77. The zero-order valence-electron chi connectivity index (χ0n) is 13.9. The smallest absolute Gasteiger partial charge is 0.343 e. The normalized spacial score (nSPS) is 16.7. The fraction of sp³-hybridized carbons (Fsp3) is 0.312. The number of aliphatic imine (C=N–C) groups is 1. The van der Waals surface area contributed by atoms with E-state index in [1.54, 1.807) is 13.8 Å². The second kappa shape index (κ2) is 7.93. The van der Waals surface area contributed by atoms with Crippen LogP contribution >= 0.6 is 0 Å². The van der Waals surface area contributed by atoms with Crippen LogP contribution in [-0.2, 0) is 9.53 Å². The van der Waals surface area contributed by atoms with E-state index >= 15 is 0 Å². The number of aromatic nitrogens is 3. The van der Waals surface area contributed by atoms with E-state index in [9.17, 15) is 18.0 Å². The Balaban J connectivity index is 2.37. The lowest BCUT2D eigenvalue weighted by molar-refractivity contribution is -0.297. The van der Waals surface area contributed by atoms with Crippen LogP contribution in [0.25, 0.3) is 11.8 Å². The van der Waals surface area contributed by atoms with Crippen molar-refractivity contribution >= 4 is 23.4 Å². The zero-order valence-corrected chi connectivity index (χ0v) is 13.9. The largest absolute Gasteiger partial charge is 0.433 e. The molecule has 2 heterocycles. The first-order valence-corrected chi connectivity index (χ1v) is 7.39. The van der Waals surface area contributed by atoms with E-state index < -0.39 is 24.0 Å². The molecular weight excluding hydrogens is 351 g/mol. The number of rotatable bonds is 5. The lowest BCUT2D eigenvalue weighted by Crippen LogP contribution is -2.55. The van der Waals surface area contributed by atoms with E-state index in [1.807, 2.05) is 0 Å². The highest BCUT2D eigenvalue weighted by molar-refractivity contribution is 6.06. The maximum atomic E-state index is 13.2. The number of ether oxygens (including phenoxy) is 1. The van der Waals surface area contributed by atoms with E-state index in [-0.39, 0.29) is 17.5 Å². The second-order valence-electron chi connectivity index (χ2n) is 5.33. The zero-order chi connectivity index (χ0) is 19.3. The van der Waals surface area contributed by atoms with Crippen LogP contribution in [-0.4, -0.2) is 44.9 Å². The predicted octanol–water partition coefficient (Wildman–Crippen LogP) is 0.827. The van der Waals surface area contributed by atoms with Gasteiger partial charge in [-0.2, -0.15) is 13.2 Å². The van der Waals surface area contributed by atoms with Crippen LogP contribution in [0.15, 0.2) is 29.2 Å². The number of carbonyl (C=O) groups excluding carboxylic acids is 1. The minimum absolute atomic E-state index is 0.0290. The van der Waals surface area contributed by atoms with Crippen molar-refractivity contribution in [1.82, 2.24) is 14.8 Å². The molecule has 0 aromatic carbocycles. The van der Waals surface area contributed by atoms with Gasteiger partial charge in [0.2, 0.25) is 6.23 Å². The number of halogens is 3. The van der Waals surface area contributed by atoms with Gasteiger partial charge in [0, 0.05) is 0 Å². The van der Waals surface area contributed by atoms with Crippen LogP contribution in [0, 0.1) is 11.8 Å². The van der Waals surface area contributed by atoms with Crippen molar-refractivity contribution in [3.63, 3.8) is 0 Å². The summed E-state index contributed by atoms with van der Waals surface area (Å²) in [5.74, 6) is 4.61. The Bertz CT molecular complexity index is 878. The van der Waals surface area contributed by atoms with Crippen molar-refractivity contribution in [2.75, 3.05) is 0 Å². The highest BCUT2D eigenvalue weighted by Gasteiger charge is 2.36. The lowest BCUT2D eigenvalue weighted by atomic mass is 10.2. The van der Waals surface area contributed by atoms with Gasteiger partial charge in [-0.25, -0.2) is 19.5 Å². The van der Waals surface area contributed by atoms with E-state index in [2.05, 4.69) is 38.4 Å². The first kappa shape index (κ1) is 19.3. The highest BCUT2D eigenvalue weighted by Crippen LogP contribution is 2.23. The summed E-state index contributed by atoms with van der Waals surface area (Å²) in [6.45, 7) is 3.34. The SMILES string of the molecule is CC(C)OC1C#CC(c2ncn(C=C=CC([NH3+])=O)n2)=CC(C(F)(F)F)=N1. The Morgan fingerprint density at radius 3 is 2.85 bits per heavy atom. The number of quaternary nitrogens is 1. The van der Waals surface area contributed by atoms with Crippen molar-refractivity contribution in [2.45, 2.75) is 32.4 Å². The van der Waals surface area contributed by atoms with Crippen LogP contribution in [0.3, 0.4) is 0 Å². The number of carbonyl (C=O) groups is 1. The van der Waals surface area contributed by atoms with Crippen LogP contribution < -0.4 is 5.73 Å². The Hall–Kier alpha value is -2.99. The lowest BCUT2D eigenvalue weighted by Gasteiger charge is -2.13. The molecule has 1 amide bonds. The quantitative estimate of drug-likeness (QED) is 0.474. The maximum absolute atomic E-state index is 13.2. The van der Waals surface area contributed by atoms with Crippen LogP contribution in [0.5, 0.6) is 0 Å². The Morgan fingerprint density at radius 2 is 2.23 bits per heavy atom. The van der Waals surface area contributed by atoms with Gasteiger partial charge in [0.25, 0.3) is 0 Å². The van der Waals surface area contributed by atoms with Gasteiger partial charge < -0.3 is 4.74 Å². The van der Waals surface area contributed by atoms with Crippen LogP contribution in [0.1, 0.15) is 19.7 Å². The summed E-state index contributed by atoms with van der Waals surface area (Å²) in [5.41, 5.74) is 4.44. The summed E-state index contributed by atoms with van der Waals surface area (Å²) < 4.78 is 46.0. The van der Waals surface area contributed by atoms with E-state index in [0.717, 1.165) is 12.2 Å². The number of hydrogen-bond donors (Lipinski definition) is 1. The van der Waals surface area contributed by atoms with Gasteiger partial charge in [0.05, 0.1) is 24.0 Å². The summed E-state index contributed by atoms with van der Waals surface area (Å²) in [5, 5.41) is 3.98. The van der Waals surface area contributed by atoms with Crippen molar-refractivity contribution in [3.05, 3.63) is 30.0 Å². The molecule has 0 bridgehead atoms. The molecule has 1 aromatic rings. The molecule has 0 radical (unpaired) electrons. The summed E-state index contributed by atoms with van der Waals surface area (Å²) in [7, 11) is 0. The van der Waals surface area contributed by atoms with Crippen molar-refractivity contribution < 1.29 is 28.4 Å². The molecule has 1 aromatic heterocycles. The summed E-state index contributed by atoms with van der Waals surface area (Å²) in [6, 6.07) is 0. The minimum atomic E-state index is -4.68. The fourth-order valence-electron chi connectivity index (χ4n) is 1.77. The molecule has 10 heteroatoms. The average Bonchev–Trinajstić information content (AvgIpc) is 2.86. The Morgan fingerprint density at radius 1 is 1.50 bits per heavy atom. The molecular formula is C16H15F3N5O2+.